The predicted octanol–water partition coefficient (Wildman–Crippen LogP) is 4.23. The zero-order chi connectivity index (χ0) is 17.9. The fourth-order valence-electron chi connectivity index (χ4n) is 2.73. The van der Waals surface area contributed by atoms with E-state index < -0.39 is 0 Å². The Hall–Kier alpha value is -3.18. The van der Waals surface area contributed by atoms with E-state index in [2.05, 4.69) is 15.4 Å². The van der Waals surface area contributed by atoms with Crippen molar-refractivity contribution in [2.45, 2.75) is 6.42 Å². The molecule has 1 amide bonds. The lowest BCUT2D eigenvalue weighted by Crippen LogP contribution is -2.14. The van der Waals surface area contributed by atoms with Gasteiger partial charge in [-0.15, -0.1) is 0 Å². The molecule has 1 N–H and O–H groups in total. The zero-order valence-corrected chi connectivity index (χ0v) is 14.5. The number of halogens is 1. The SMILES string of the molecule is O=C(Cc1ccc(-c2ccn3ncnc3c2)cc1)Nc1ccc(Cl)cc1. The van der Waals surface area contributed by atoms with Gasteiger partial charge in [-0.25, -0.2) is 9.50 Å². The normalized spacial score (nSPS) is 10.8. The molecule has 4 rings (SSSR count). The Bertz CT molecular complexity index is 1060. The molecule has 0 aliphatic heterocycles. The molecule has 0 fully saturated rings. The minimum Gasteiger partial charge on any atom is -0.326 e. The van der Waals surface area contributed by atoms with Crippen LogP contribution in [0.15, 0.2) is 73.2 Å². The van der Waals surface area contributed by atoms with Crippen LogP contribution in [-0.4, -0.2) is 20.5 Å². The second-order valence-electron chi connectivity index (χ2n) is 5.91. The number of amides is 1. The topological polar surface area (TPSA) is 59.3 Å². The average molecular weight is 363 g/mol. The van der Waals surface area contributed by atoms with Crippen LogP contribution < -0.4 is 5.32 Å². The summed E-state index contributed by atoms with van der Waals surface area (Å²) >= 11 is 5.85. The first-order valence-electron chi connectivity index (χ1n) is 8.11. The van der Waals surface area contributed by atoms with Gasteiger partial charge in [0.25, 0.3) is 0 Å². The van der Waals surface area contributed by atoms with E-state index in [1.807, 2.05) is 42.6 Å². The number of carbonyl (C=O) groups excluding carboxylic acids is 1. The molecule has 0 unspecified atom stereocenters. The van der Waals surface area contributed by atoms with E-state index in [1.165, 1.54) is 6.33 Å². The number of rotatable bonds is 4. The number of hydrogen-bond acceptors (Lipinski definition) is 3. The van der Waals surface area contributed by atoms with E-state index in [0.717, 1.165) is 28.0 Å². The third-order valence-corrected chi connectivity index (χ3v) is 4.31. The van der Waals surface area contributed by atoms with Gasteiger partial charge < -0.3 is 5.32 Å². The van der Waals surface area contributed by atoms with Crippen molar-refractivity contribution >= 4 is 28.8 Å². The summed E-state index contributed by atoms with van der Waals surface area (Å²) < 4.78 is 1.72. The maximum absolute atomic E-state index is 12.2. The number of anilines is 1. The van der Waals surface area contributed by atoms with Crippen LogP contribution in [0.1, 0.15) is 5.56 Å². The van der Waals surface area contributed by atoms with Gasteiger partial charge in [-0.05, 0) is 53.1 Å². The highest BCUT2D eigenvalue weighted by Crippen LogP contribution is 2.21. The quantitative estimate of drug-likeness (QED) is 0.591. The van der Waals surface area contributed by atoms with Crippen molar-refractivity contribution in [1.82, 2.24) is 14.6 Å². The van der Waals surface area contributed by atoms with Gasteiger partial charge in [0.05, 0.1) is 6.42 Å². The number of fused-ring (bicyclic) bond motifs is 1. The van der Waals surface area contributed by atoms with Crippen LogP contribution in [0.25, 0.3) is 16.8 Å². The summed E-state index contributed by atoms with van der Waals surface area (Å²) in [6, 6.07) is 19.0. The van der Waals surface area contributed by atoms with Crippen LogP contribution in [0.2, 0.25) is 5.02 Å². The van der Waals surface area contributed by atoms with Crippen molar-refractivity contribution in [3.05, 3.63) is 83.8 Å². The number of benzene rings is 2. The van der Waals surface area contributed by atoms with Gasteiger partial charge in [0.15, 0.2) is 5.65 Å². The molecule has 6 heteroatoms. The minimum absolute atomic E-state index is 0.0649. The van der Waals surface area contributed by atoms with Crippen LogP contribution in [0.3, 0.4) is 0 Å². The Kier molecular flexibility index (Phi) is 4.37. The summed E-state index contributed by atoms with van der Waals surface area (Å²) in [4.78, 5) is 16.4. The zero-order valence-electron chi connectivity index (χ0n) is 13.8. The standard InChI is InChI=1S/C20H15ClN4O/c21-17-5-7-18(8-6-17)24-20(26)11-14-1-3-15(4-2-14)16-9-10-25-19(12-16)22-13-23-25/h1-10,12-13H,11H2,(H,24,26). The molecule has 2 aromatic carbocycles. The van der Waals surface area contributed by atoms with Gasteiger partial charge >= 0.3 is 0 Å². The summed E-state index contributed by atoms with van der Waals surface area (Å²) in [5.74, 6) is -0.0649. The molecular formula is C20H15ClN4O. The Labute approximate surface area is 155 Å². The van der Waals surface area contributed by atoms with E-state index in [-0.39, 0.29) is 5.91 Å². The highest BCUT2D eigenvalue weighted by Gasteiger charge is 2.06. The van der Waals surface area contributed by atoms with Crippen LogP contribution in [0.4, 0.5) is 5.69 Å². The summed E-state index contributed by atoms with van der Waals surface area (Å²) in [6.45, 7) is 0. The highest BCUT2D eigenvalue weighted by atomic mass is 35.5. The molecule has 0 saturated carbocycles. The number of nitrogens with zero attached hydrogens (tertiary/aromatic N) is 3. The number of carbonyl (C=O) groups is 1. The fourth-order valence-corrected chi connectivity index (χ4v) is 2.86. The molecule has 0 atom stereocenters. The molecule has 0 saturated heterocycles. The smallest absolute Gasteiger partial charge is 0.228 e. The van der Waals surface area contributed by atoms with Crippen LogP contribution >= 0.6 is 11.6 Å². The monoisotopic (exact) mass is 362 g/mol. The summed E-state index contributed by atoms with van der Waals surface area (Å²) in [7, 11) is 0. The van der Waals surface area contributed by atoms with Crippen molar-refractivity contribution in [2.24, 2.45) is 0 Å². The first-order chi connectivity index (χ1) is 12.7. The average Bonchev–Trinajstić information content (AvgIpc) is 3.12. The lowest BCUT2D eigenvalue weighted by atomic mass is 10.0. The molecule has 0 aliphatic rings. The molecule has 0 bridgehead atoms. The lowest BCUT2D eigenvalue weighted by molar-refractivity contribution is -0.115. The summed E-state index contributed by atoms with van der Waals surface area (Å²) in [5.41, 5.74) is 4.61. The van der Waals surface area contributed by atoms with Gasteiger partial charge in [-0.3, -0.25) is 4.79 Å². The van der Waals surface area contributed by atoms with Crippen molar-refractivity contribution in [1.29, 1.82) is 0 Å². The molecule has 0 radical (unpaired) electrons. The van der Waals surface area contributed by atoms with Gasteiger partial charge in [-0.1, -0.05) is 35.9 Å². The number of nitrogens with one attached hydrogen (secondary N) is 1. The maximum Gasteiger partial charge on any atom is 0.228 e. The largest absolute Gasteiger partial charge is 0.326 e. The van der Waals surface area contributed by atoms with Crippen LogP contribution in [-0.2, 0) is 11.2 Å². The Morgan fingerprint density at radius 3 is 2.54 bits per heavy atom. The van der Waals surface area contributed by atoms with Crippen molar-refractivity contribution in [2.75, 3.05) is 5.32 Å². The number of hydrogen-bond donors (Lipinski definition) is 1. The first-order valence-corrected chi connectivity index (χ1v) is 8.49. The summed E-state index contributed by atoms with van der Waals surface area (Å²) in [6.07, 6.45) is 3.72. The second kappa shape index (κ2) is 6.98. The molecule has 4 aromatic rings. The lowest BCUT2D eigenvalue weighted by Gasteiger charge is -2.07. The molecule has 26 heavy (non-hydrogen) atoms. The van der Waals surface area contributed by atoms with Gasteiger partial charge in [-0.2, -0.15) is 5.10 Å². The number of aromatic nitrogens is 3. The first kappa shape index (κ1) is 16.3. The molecule has 0 spiro atoms. The molecule has 2 aromatic heterocycles. The molecule has 128 valence electrons. The Balaban J connectivity index is 1.45. The van der Waals surface area contributed by atoms with E-state index in [9.17, 15) is 4.79 Å². The maximum atomic E-state index is 12.2. The molecule has 5 nitrogen and oxygen atoms in total. The van der Waals surface area contributed by atoms with Crippen molar-refractivity contribution < 1.29 is 4.79 Å². The third-order valence-electron chi connectivity index (χ3n) is 4.06. The van der Waals surface area contributed by atoms with Crippen molar-refractivity contribution in [3.8, 4) is 11.1 Å². The third kappa shape index (κ3) is 3.58. The van der Waals surface area contributed by atoms with Gasteiger partial charge in [0.1, 0.15) is 6.33 Å². The Morgan fingerprint density at radius 2 is 1.77 bits per heavy atom. The van der Waals surface area contributed by atoms with E-state index >= 15 is 0 Å². The molecule has 0 aliphatic carbocycles. The van der Waals surface area contributed by atoms with Crippen LogP contribution in [0.5, 0.6) is 0 Å². The predicted molar refractivity (Wildman–Crippen MR) is 102 cm³/mol. The minimum atomic E-state index is -0.0649. The Morgan fingerprint density at radius 1 is 1.00 bits per heavy atom. The van der Waals surface area contributed by atoms with E-state index in [0.29, 0.717) is 11.4 Å². The molecule has 2 heterocycles. The number of pyridine rings is 1. The van der Waals surface area contributed by atoms with E-state index in [1.54, 1.807) is 28.8 Å². The molecular weight excluding hydrogens is 348 g/mol. The summed E-state index contributed by atoms with van der Waals surface area (Å²) in [5, 5.41) is 7.60. The highest BCUT2D eigenvalue weighted by molar-refractivity contribution is 6.30. The fraction of sp³-hybridized carbons (Fsp3) is 0.0500. The van der Waals surface area contributed by atoms with Crippen molar-refractivity contribution in [3.63, 3.8) is 0 Å². The van der Waals surface area contributed by atoms with Gasteiger partial charge in [0, 0.05) is 16.9 Å². The van der Waals surface area contributed by atoms with E-state index in [4.69, 9.17) is 11.6 Å². The second-order valence-corrected chi connectivity index (χ2v) is 6.34. The van der Waals surface area contributed by atoms with Gasteiger partial charge in [0.2, 0.25) is 5.91 Å². The van der Waals surface area contributed by atoms with Crippen LogP contribution in [0, 0.1) is 0 Å².